The number of carbonyl (C=O) groups excluding carboxylic acids is 3. The van der Waals surface area contributed by atoms with Crippen molar-refractivity contribution in [1.82, 2.24) is 10.6 Å². The van der Waals surface area contributed by atoms with Gasteiger partial charge in [-0.15, -0.1) is 0 Å². The van der Waals surface area contributed by atoms with Crippen molar-refractivity contribution < 1.29 is 33.2 Å². The molecule has 0 radical (unpaired) electrons. The van der Waals surface area contributed by atoms with Crippen molar-refractivity contribution in [3.05, 3.63) is 58.5 Å². The minimum Gasteiger partial charge on any atom is -0.482 e. The molecule has 0 saturated carbocycles. The molecule has 0 aliphatic carbocycles. The van der Waals surface area contributed by atoms with Crippen LogP contribution in [0, 0.1) is 10.1 Å². The first kappa shape index (κ1) is 19.4. The first-order chi connectivity index (χ1) is 12.9. The largest absolute Gasteiger partial charge is 0.482 e. The Kier molecular flexibility index (Phi) is 6.88. The number of non-ortho nitro benzene ring substituents is 1. The van der Waals surface area contributed by atoms with E-state index in [0.717, 1.165) is 0 Å². The average molecular weight is 377 g/mol. The topological polar surface area (TPSA) is 150 Å². The van der Waals surface area contributed by atoms with Gasteiger partial charge in [-0.05, 0) is 24.3 Å². The van der Waals surface area contributed by atoms with Crippen LogP contribution in [0.3, 0.4) is 0 Å². The van der Waals surface area contributed by atoms with Crippen molar-refractivity contribution in [1.29, 1.82) is 0 Å². The SMILES string of the molecule is O=C(COC(=O)COc1ccc([N+](=O)[O-])cc1)NC(=O)NCc1ccco1. The van der Waals surface area contributed by atoms with Gasteiger partial charge in [0.2, 0.25) is 0 Å². The molecule has 2 N–H and O–H groups in total. The van der Waals surface area contributed by atoms with Crippen LogP contribution in [0.25, 0.3) is 0 Å². The normalized spacial score (nSPS) is 9.93. The van der Waals surface area contributed by atoms with Crippen LogP contribution in [0.15, 0.2) is 47.1 Å². The van der Waals surface area contributed by atoms with E-state index < -0.39 is 36.0 Å². The predicted molar refractivity (Wildman–Crippen MR) is 88.6 cm³/mol. The number of furan rings is 1. The predicted octanol–water partition coefficient (Wildman–Crippen LogP) is 1.14. The van der Waals surface area contributed by atoms with Crippen molar-refractivity contribution in [2.45, 2.75) is 6.54 Å². The molecule has 0 unspecified atom stereocenters. The summed E-state index contributed by atoms with van der Waals surface area (Å²) in [6.07, 6.45) is 1.44. The number of nitrogens with zero attached hydrogens (tertiary/aromatic N) is 1. The Morgan fingerprint density at radius 2 is 1.85 bits per heavy atom. The Morgan fingerprint density at radius 1 is 1.11 bits per heavy atom. The molecule has 0 saturated heterocycles. The fraction of sp³-hybridized carbons (Fsp3) is 0.188. The average Bonchev–Trinajstić information content (AvgIpc) is 3.17. The van der Waals surface area contributed by atoms with Gasteiger partial charge in [-0.1, -0.05) is 0 Å². The van der Waals surface area contributed by atoms with E-state index in [2.05, 4.69) is 10.1 Å². The standard InChI is InChI=1S/C16H15N3O8/c20-14(18-16(22)17-8-13-2-1-7-25-13)9-27-15(21)10-26-12-5-3-11(4-6-12)19(23)24/h1-7H,8-10H2,(H2,17,18,20,22). The Labute approximate surface area is 152 Å². The highest BCUT2D eigenvalue weighted by molar-refractivity contribution is 5.95. The molecule has 0 spiro atoms. The zero-order valence-corrected chi connectivity index (χ0v) is 13.9. The third kappa shape index (κ3) is 6.86. The van der Waals surface area contributed by atoms with E-state index in [1.165, 1.54) is 30.5 Å². The number of amides is 3. The maximum absolute atomic E-state index is 11.5. The lowest BCUT2D eigenvalue weighted by molar-refractivity contribution is -0.384. The van der Waals surface area contributed by atoms with E-state index in [0.29, 0.717) is 5.76 Å². The van der Waals surface area contributed by atoms with Crippen molar-refractivity contribution in [3.8, 4) is 5.75 Å². The molecule has 142 valence electrons. The molecule has 11 heteroatoms. The summed E-state index contributed by atoms with van der Waals surface area (Å²) in [6.45, 7) is -1.08. The van der Waals surface area contributed by atoms with E-state index in [1.54, 1.807) is 12.1 Å². The van der Waals surface area contributed by atoms with Gasteiger partial charge in [0.15, 0.2) is 13.2 Å². The maximum Gasteiger partial charge on any atom is 0.344 e. The zero-order chi connectivity index (χ0) is 19.6. The summed E-state index contributed by atoms with van der Waals surface area (Å²) in [4.78, 5) is 44.5. The van der Waals surface area contributed by atoms with Gasteiger partial charge in [-0.2, -0.15) is 0 Å². The van der Waals surface area contributed by atoms with Crippen LogP contribution in [-0.2, 0) is 20.9 Å². The number of ether oxygens (including phenoxy) is 2. The van der Waals surface area contributed by atoms with Crippen LogP contribution in [0.2, 0.25) is 0 Å². The van der Waals surface area contributed by atoms with Gasteiger partial charge in [0.1, 0.15) is 11.5 Å². The first-order valence-corrected chi connectivity index (χ1v) is 7.57. The number of hydrogen-bond acceptors (Lipinski definition) is 8. The number of nitrogens with one attached hydrogen (secondary N) is 2. The molecule has 0 bridgehead atoms. The molecule has 1 heterocycles. The van der Waals surface area contributed by atoms with Gasteiger partial charge in [-0.3, -0.25) is 20.2 Å². The minimum absolute atomic E-state index is 0.0922. The fourth-order valence-electron chi connectivity index (χ4n) is 1.78. The smallest absolute Gasteiger partial charge is 0.344 e. The van der Waals surface area contributed by atoms with Gasteiger partial charge in [-0.25, -0.2) is 9.59 Å². The maximum atomic E-state index is 11.5. The second-order valence-corrected chi connectivity index (χ2v) is 5.01. The molecule has 3 amide bonds. The molecule has 27 heavy (non-hydrogen) atoms. The van der Waals surface area contributed by atoms with Crippen molar-refractivity contribution >= 4 is 23.6 Å². The lowest BCUT2D eigenvalue weighted by Crippen LogP contribution is -2.41. The van der Waals surface area contributed by atoms with Crippen molar-refractivity contribution in [2.75, 3.05) is 13.2 Å². The highest BCUT2D eigenvalue weighted by Gasteiger charge is 2.12. The Morgan fingerprint density at radius 3 is 2.48 bits per heavy atom. The molecule has 0 fully saturated rings. The number of nitro groups is 1. The highest BCUT2D eigenvalue weighted by Crippen LogP contribution is 2.17. The van der Waals surface area contributed by atoms with Crippen molar-refractivity contribution in [2.24, 2.45) is 0 Å². The molecular weight excluding hydrogens is 362 g/mol. The number of nitro benzene ring substituents is 1. The number of rotatable bonds is 8. The summed E-state index contributed by atoms with van der Waals surface area (Å²) in [6, 6.07) is 7.61. The van der Waals surface area contributed by atoms with Gasteiger partial charge < -0.3 is 19.2 Å². The summed E-state index contributed by atoms with van der Waals surface area (Å²) in [5.74, 6) is -0.943. The van der Waals surface area contributed by atoms with Crippen LogP contribution in [0.4, 0.5) is 10.5 Å². The Hall–Kier alpha value is -3.89. The third-order valence-electron chi connectivity index (χ3n) is 3.02. The molecular formula is C16H15N3O8. The highest BCUT2D eigenvalue weighted by atomic mass is 16.6. The molecule has 11 nitrogen and oxygen atoms in total. The number of imide groups is 1. The minimum atomic E-state index is -0.848. The van der Waals surface area contributed by atoms with Crippen LogP contribution < -0.4 is 15.4 Å². The molecule has 2 rings (SSSR count). The summed E-state index contributed by atoms with van der Waals surface area (Å²) < 4.78 is 14.7. The van der Waals surface area contributed by atoms with Crippen LogP contribution >= 0.6 is 0 Å². The number of esters is 1. The van der Waals surface area contributed by atoms with E-state index >= 15 is 0 Å². The van der Waals surface area contributed by atoms with Gasteiger partial charge in [0.05, 0.1) is 17.7 Å². The van der Waals surface area contributed by atoms with E-state index in [4.69, 9.17) is 9.15 Å². The summed E-state index contributed by atoms with van der Waals surface area (Å²) in [5, 5.41) is 14.9. The third-order valence-corrected chi connectivity index (χ3v) is 3.02. The molecule has 0 aliphatic rings. The van der Waals surface area contributed by atoms with Gasteiger partial charge in [0.25, 0.3) is 11.6 Å². The summed E-state index contributed by atoms with van der Waals surface area (Å²) in [5.41, 5.74) is -0.119. The fourth-order valence-corrected chi connectivity index (χ4v) is 1.78. The van der Waals surface area contributed by atoms with Gasteiger partial charge in [0, 0.05) is 12.1 Å². The molecule has 1 aromatic carbocycles. The summed E-state index contributed by atoms with van der Waals surface area (Å²) in [7, 11) is 0. The lowest BCUT2D eigenvalue weighted by Gasteiger charge is -2.08. The quantitative estimate of drug-likeness (QED) is 0.395. The van der Waals surface area contributed by atoms with E-state index in [1.807, 2.05) is 5.32 Å². The van der Waals surface area contributed by atoms with Crippen LogP contribution in [0.1, 0.15) is 5.76 Å². The molecule has 1 aromatic heterocycles. The van der Waals surface area contributed by atoms with E-state index in [-0.39, 0.29) is 18.0 Å². The van der Waals surface area contributed by atoms with Gasteiger partial charge >= 0.3 is 12.0 Å². The van der Waals surface area contributed by atoms with Crippen LogP contribution in [-0.4, -0.2) is 36.0 Å². The number of urea groups is 1. The lowest BCUT2D eigenvalue weighted by atomic mass is 10.3. The number of benzene rings is 1. The summed E-state index contributed by atoms with van der Waals surface area (Å²) >= 11 is 0. The monoisotopic (exact) mass is 377 g/mol. The number of carbonyl (C=O) groups is 3. The number of hydrogen-bond donors (Lipinski definition) is 2. The van der Waals surface area contributed by atoms with E-state index in [9.17, 15) is 24.5 Å². The second kappa shape index (κ2) is 9.56. The Balaban J connectivity index is 1.63. The molecule has 2 aromatic rings. The second-order valence-electron chi connectivity index (χ2n) is 5.01. The Bertz CT molecular complexity index is 802. The molecule has 0 aliphatic heterocycles. The first-order valence-electron chi connectivity index (χ1n) is 7.57. The van der Waals surface area contributed by atoms with Crippen molar-refractivity contribution in [3.63, 3.8) is 0 Å². The van der Waals surface area contributed by atoms with Crippen LogP contribution in [0.5, 0.6) is 5.75 Å². The molecule has 0 atom stereocenters. The zero-order valence-electron chi connectivity index (χ0n) is 13.9.